The fourth-order valence-corrected chi connectivity index (χ4v) is 3.46. The molecule has 5 heteroatoms. The Hall–Kier alpha value is -0.590. The molecular weight excluding hydrogens is 397 g/mol. The summed E-state index contributed by atoms with van der Waals surface area (Å²) in [5, 5.41) is 8.83. The van der Waals surface area contributed by atoms with Gasteiger partial charge in [0.1, 0.15) is 0 Å². The molecule has 3 nitrogen and oxygen atoms in total. The molecule has 1 unspecified atom stereocenters. The van der Waals surface area contributed by atoms with E-state index in [1.807, 2.05) is 18.7 Å². The number of aryl methyl sites for hydroxylation is 2. The van der Waals surface area contributed by atoms with E-state index in [1.54, 1.807) is 0 Å². The molecule has 0 fully saturated rings. The lowest BCUT2D eigenvalue weighted by molar-refractivity contribution is 0.510. The standard InChI is InChI=1S/C16H21ClIN3/c1-4-9-19-14(12-7-5-6-8-13(12)18)10-15-16(17)11(2)20-21(15)3/h5-8,14,19H,4,9-10H2,1-3H3. The molecule has 0 saturated heterocycles. The first-order chi connectivity index (χ1) is 10.0. The first-order valence-corrected chi connectivity index (χ1v) is 8.66. The number of nitrogens with one attached hydrogen (secondary N) is 1. The van der Waals surface area contributed by atoms with E-state index in [1.165, 1.54) is 9.13 Å². The van der Waals surface area contributed by atoms with Crippen molar-refractivity contribution in [3.8, 4) is 0 Å². The van der Waals surface area contributed by atoms with Gasteiger partial charge in [0.25, 0.3) is 0 Å². The maximum atomic E-state index is 6.41. The molecule has 0 amide bonds. The van der Waals surface area contributed by atoms with E-state index in [-0.39, 0.29) is 6.04 Å². The van der Waals surface area contributed by atoms with E-state index in [0.29, 0.717) is 0 Å². The quantitative estimate of drug-likeness (QED) is 0.711. The average Bonchev–Trinajstić information content (AvgIpc) is 2.70. The summed E-state index contributed by atoms with van der Waals surface area (Å²) in [5.41, 5.74) is 3.30. The molecule has 0 bridgehead atoms. The molecule has 1 N–H and O–H groups in total. The van der Waals surface area contributed by atoms with E-state index >= 15 is 0 Å². The largest absolute Gasteiger partial charge is 0.310 e. The molecule has 1 aromatic heterocycles. The molecule has 0 radical (unpaired) electrons. The highest BCUT2D eigenvalue weighted by Gasteiger charge is 2.19. The third kappa shape index (κ3) is 3.99. The second kappa shape index (κ2) is 7.61. The number of aromatic nitrogens is 2. The van der Waals surface area contributed by atoms with Crippen LogP contribution in [-0.4, -0.2) is 16.3 Å². The molecule has 0 aliphatic carbocycles. The van der Waals surface area contributed by atoms with Crippen molar-refractivity contribution in [1.29, 1.82) is 0 Å². The number of hydrogen-bond acceptors (Lipinski definition) is 2. The van der Waals surface area contributed by atoms with Gasteiger partial charge >= 0.3 is 0 Å². The van der Waals surface area contributed by atoms with Crippen LogP contribution in [-0.2, 0) is 13.5 Å². The topological polar surface area (TPSA) is 29.9 Å². The fraction of sp³-hybridized carbons (Fsp3) is 0.438. The summed E-state index contributed by atoms with van der Waals surface area (Å²) in [6, 6.07) is 8.75. The average molecular weight is 418 g/mol. The summed E-state index contributed by atoms with van der Waals surface area (Å²) >= 11 is 8.80. The molecule has 1 aromatic carbocycles. The first-order valence-electron chi connectivity index (χ1n) is 7.20. The molecule has 2 aromatic rings. The number of halogens is 2. The first kappa shape index (κ1) is 16.8. The smallest absolute Gasteiger partial charge is 0.0847 e. The van der Waals surface area contributed by atoms with Crippen molar-refractivity contribution < 1.29 is 0 Å². The van der Waals surface area contributed by atoms with Crippen LogP contribution in [0.15, 0.2) is 24.3 Å². The lowest BCUT2D eigenvalue weighted by Gasteiger charge is -2.20. The number of rotatable bonds is 6. The van der Waals surface area contributed by atoms with Crippen LogP contribution in [0.3, 0.4) is 0 Å². The van der Waals surface area contributed by atoms with Gasteiger partial charge in [-0.3, -0.25) is 4.68 Å². The molecule has 0 spiro atoms. The monoisotopic (exact) mass is 417 g/mol. The Bertz CT molecular complexity index is 610. The summed E-state index contributed by atoms with van der Waals surface area (Å²) in [7, 11) is 1.96. The predicted molar refractivity (Wildman–Crippen MR) is 96.9 cm³/mol. The van der Waals surface area contributed by atoms with Gasteiger partial charge in [-0.2, -0.15) is 5.10 Å². The van der Waals surface area contributed by atoms with Crippen molar-refractivity contribution in [2.75, 3.05) is 6.54 Å². The Morgan fingerprint density at radius 2 is 2.10 bits per heavy atom. The van der Waals surface area contributed by atoms with Crippen molar-refractivity contribution in [3.05, 3.63) is 49.8 Å². The summed E-state index contributed by atoms with van der Waals surface area (Å²) in [6.07, 6.45) is 1.95. The second-order valence-electron chi connectivity index (χ2n) is 5.20. The molecule has 1 atom stereocenters. The molecule has 21 heavy (non-hydrogen) atoms. The van der Waals surface area contributed by atoms with E-state index in [4.69, 9.17) is 11.6 Å². The zero-order valence-electron chi connectivity index (χ0n) is 12.7. The lowest BCUT2D eigenvalue weighted by atomic mass is 10.0. The zero-order valence-corrected chi connectivity index (χ0v) is 15.6. The van der Waals surface area contributed by atoms with E-state index in [9.17, 15) is 0 Å². The normalized spacial score (nSPS) is 12.6. The van der Waals surface area contributed by atoms with Crippen LogP contribution >= 0.6 is 34.2 Å². The summed E-state index contributed by atoms with van der Waals surface area (Å²) < 4.78 is 3.17. The van der Waals surface area contributed by atoms with Gasteiger partial charge < -0.3 is 5.32 Å². The number of hydrogen-bond donors (Lipinski definition) is 1. The Balaban J connectivity index is 2.31. The van der Waals surface area contributed by atoms with Crippen LogP contribution in [0.5, 0.6) is 0 Å². The molecular formula is C16H21ClIN3. The summed E-state index contributed by atoms with van der Waals surface area (Å²) in [4.78, 5) is 0. The van der Waals surface area contributed by atoms with E-state index < -0.39 is 0 Å². The molecule has 114 valence electrons. The van der Waals surface area contributed by atoms with Crippen LogP contribution in [0.4, 0.5) is 0 Å². The van der Waals surface area contributed by atoms with Crippen molar-refractivity contribution in [3.63, 3.8) is 0 Å². The van der Waals surface area contributed by atoms with Crippen molar-refractivity contribution in [2.24, 2.45) is 7.05 Å². The Labute approximate surface area is 145 Å². The third-order valence-electron chi connectivity index (χ3n) is 3.58. The van der Waals surface area contributed by atoms with Crippen LogP contribution in [0.1, 0.15) is 36.3 Å². The molecule has 2 rings (SSSR count). The lowest BCUT2D eigenvalue weighted by Crippen LogP contribution is -2.25. The maximum Gasteiger partial charge on any atom is 0.0847 e. The molecule has 0 saturated carbocycles. The minimum atomic E-state index is 0.255. The highest BCUT2D eigenvalue weighted by molar-refractivity contribution is 14.1. The minimum absolute atomic E-state index is 0.255. The third-order valence-corrected chi connectivity index (χ3v) is 5.05. The van der Waals surface area contributed by atoms with Crippen LogP contribution in [0.2, 0.25) is 5.02 Å². The van der Waals surface area contributed by atoms with E-state index in [2.05, 4.69) is 64.2 Å². The van der Waals surface area contributed by atoms with E-state index in [0.717, 1.165) is 35.8 Å². The summed E-state index contributed by atoms with van der Waals surface area (Å²) in [6.45, 7) is 5.12. The van der Waals surface area contributed by atoms with Gasteiger partial charge in [0.05, 0.1) is 16.4 Å². The van der Waals surface area contributed by atoms with Crippen molar-refractivity contribution in [1.82, 2.24) is 15.1 Å². The Kier molecular flexibility index (Phi) is 6.08. The predicted octanol–water partition coefficient (Wildman–Crippen LogP) is 4.27. The van der Waals surface area contributed by atoms with Gasteiger partial charge in [-0.1, -0.05) is 36.7 Å². The molecule has 0 aliphatic heterocycles. The van der Waals surface area contributed by atoms with Gasteiger partial charge in [0.2, 0.25) is 0 Å². The Morgan fingerprint density at radius 3 is 2.67 bits per heavy atom. The van der Waals surface area contributed by atoms with Crippen LogP contribution < -0.4 is 5.32 Å². The van der Waals surface area contributed by atoms with Crippen molar-refractivity contribution >= 4 is 34.2 Å². The van der Waals surface area contributed by atoms with Gasteiger partial charge in [0.15, 0.2) is 0 Å². The molecule has 0 aliphatic rings. The zero-order chi connectivity index (χ0) is 15.4. The van der Waals surface area contributed by atoms with Crippen LogP contribution in [0, 0.1) is 10.5 Å². The van der Waals surface area contributed by atoms with Gasteiger partial charge in [-0.25, -0.2) is 0 Å². The van der Waals surface area contributed by atoms with Gasteiger partial charge in [-0.05, 0) is 54.1 Å². The second-order valence-corrected chi connectivity index (χ2v) is 6.74. The maximum absolute atomic E-state index is 6.41. The highest BCUT2D eigenvalue weighted by Crippen LogP contribution is 2.27. The van der Waals surface area contributed by atoms with Crippen LogP contribution in [0.25, 0.3) is 0 Å². The van der Waals surface area contributed by atoms with Gasteiger partial charge in [-0.15, -0.1) is 0 Å². The molecule has 1 heterocycles. The SMILES string of the molecule is CCCNC(Cc1c(Cl)c(C)nn1C)c1ccccc1I. The van der Waals surface area contributed by atoms with Gasteiger partial charge in [0, 0.05) is 23.1 Å². The fourth-order valence-electron chi connectivity index (χ4n) is 2.46. The number of benzene rings is 1. The highest BCUT2D eigenvalue weighted by atomic mass is 127. The minimum Gasteiger partial charge on any atom is -0.310 e. The Morgan fingerprint density at radius 1 is 1.38 bits per heavy atom. The van der Waals surface area contributed by atoms with Crippen molar-refractivity contribution in [2.45, 2.75) is 32.7 Å². The summed E-state index contributed by atoms with van der Waals surface area (Å²) in [5.74, 6) is 0. The number of nitrogens with zero attached hydrogens (tertiary/aromatic N) is 2.